The fourth-order valence-electron chi connectivity index (χ4n) is 2.03. The van der Waals surface area contributed by atoms with Gasteiger partial charge in [-0.05, 0) is 0 Å². The Balaban J connectivity index is 2.15. The van der Waals surface area contributed by atoms with Gasteiger partial charge in [0.1, 0.15) is 0 Å². The molecule has 3 aromatic rings. The molecule has 0 saturated carbocycles. The molecule has 22 heavy (non-hydrogen) atoms. The van der Waals surface area contributed by atoms with Gasteiger partial charge >= 0.3 is 5.91 Å². The van der Waals surface area contributed by atoms with Gasteiger partial charge < -0.3 is 18.6 Å². The topological polar surface area (TPSA) is 78.9 Å². The van der Waals surface area contributed by atoms with Gasteiger partial charge in [0, 0.05) is 25.2 Å². The monoisotopic (exact) mass is 319 g/mol. The lowest BCUT2D eigenvalue weighted by atomic mass is 10.3. The zero-order chi connectivity index (χ0) is 15.7. The number of hydrogen-bond acceptors (Lipinski definition) is 6. The predicted octanol–water partition coefficient (Wildman–Crippen LogP) is 1.99. The lowest BCUT2D eigenvalue weighted by molar-refractivity contribution is 0.0962. The van der Waals surface area contributed by atoms with Crippen LogP contribution >= 0.6 is 11.3 Å². The number of thiazole rings is 1. The normalized spacial score (nSPS) is 11.9. The number of rotatable bonds is 3. The number of carbonyl (C=O) groups is 1. The number of hydrogen-bond donors (Lipinski definition) is 0. The van der Waals surface area contributed by atoms with Gasteiger partial charge in [-0.15, -0.1) is 0 Å². The first-order chi connectivity index (χ1) is 10.6. The van der Waals surface area contributed by atoms with Gasteiger partial charge in [0.25, 0.3) is 0 Å². The van der Waals surface area contributed by atoms with E-state index in [4.69, 9.17) is 14.0 Å². The minimum atomic E-state index is -0.474. The van der Waals surface area contributed by atoms with Crippen molar-refractivity contribution in [2.75, 3.05) is 14.2 Å². The van der Waals surface area contributed by atoms with Crippen LogP contribution in [0.2, 0.25) is 0 Å². The second kappa shape index (κ2) is 5.64. The standard InChI is InChI=1S/C14H13N3O4S/c1-17-8-6-10(19-2)11(20-3)7-12(8)22-14(17)16-13(18)9-4-5-15-21-9/h4-7H,1-3H3. The summed E-state index contributed by atoms with van der Waals surface area (Å²) in [6, 6.07) is 5.19. The second-order valence-electron chi connectivity index (χ2n) is 4.41. The smallest absolute Gasteiger partial charge is 0.318 e. The average Bonchev–Trinajstić information content (AvgIpc) is 3.15. The maximum atomic E-state index is 12.0. The Morgan fingerprint density at radius 3 is 2.68 bits per heavy atom. The molecule has 0 fully saturated rings. The summed E-state index contributed by atoms with van der Waals surface area (Å²) in [4.78, 5) is 16.6. The maximum absolute atomic E-state index is 12.0. The van der Waals surface area contributed by atoms with Crippen LogP contribution in [-0.2, 0) is 7.05 Å². The maximum Gasteiger partial charge on any atom is 0.318 e. The molecular weight excluding hydrogens is 306 g/mol. The Kier molecular flexibility index (Phi) is 3.68. The minimum absolute atomic E-state index is 0.104. The van der Waals surface area contributed by atoms with Crippen molar-refractivity contribution in [3.63, 3.8) is 0 Å². The summed E-state index contributed by atoms with van der Waals surface area (Å²) in [6.45, 7) is 0. The van der Waals surface area contributed by atoms with Gasteiger partial charge in [0.05, 0.1) is 30.6 Å². The molecule has 1 aromatic carbocycles. The quantitative estimate of drug-likeness (QED) is 0.737. The van der Waals surface area contributed by atoms with E-state index in [9.17, 15) is 4.79 Å². The van der Waals surface area contributed by atoms with E-state index >= 15 is 0 Å². The average molecular weight is 319 g/mol. The van der Waals surface area contributed by atoms with E-state index in [0.717, 1.165) is 10.2 Å². The van der Waals surface area contributed by atoms with Gasteiger partial charge in [0.2, 0.25) is 5.76 Å². The van der Waals surface area contributed by atoms with Crippen molar-refractivity contribution >= 4 is 27.5 Å². The van der Waals surface area contributed by atoms with Gasteiger partial charge in [-0.25, -0.2) is 0 Å². The third-order valence-electron chi connectivity index (χ3n) is 3.16. The van der Waals surface area contributed by atoms with Crippen LogP contribution < -0.4 is 14.3 Å². The molecule has 3 rings (SSSR count). The van der Waals surface area contributed by atoms with E-state index in [1.54, 1.807) is 14.2 Å². The fraction of sp³-hybridized carbons (Fsp3) is 0.214. The molecule has 0 bridgehead atoms. The number of benzene rings is 1. The molecule has 0 saturated heterocycles. The van der Waals surface area contributed by atoms with E-state index in [1.807, 2.05) is 23.7 Å². The van der Waals surface area contributed by atoms with Gasteiger partial charge in [0.15, 0.2) is 16.3 Å². The summed E-state index contributed by atoms with van der Waals surface area (Å²) >= 11 is 1.38. The van der Waals surface area contributed by atoms with Crippen LogP contribution in [0, 0.1) is 0 Å². The molecular formula is C14H13N3O4S. The van der Waals surface area contributed by atoms with Gasteiger partial charge in [-0.2, -0.15) is 4.99 Å². The molecule has 2 heterocycles. The molecule has 0 aliphatic heterocycles. The van der Waals surface area contributed by atoms with E-state index in [0.29, 0.717) is 16.3 Å². The highest BCUT2D eigenvalue weighted by molar-refractivity contribution is 7.16. The van der Waals surface area contributed by atoms with Crippen LogP contribution in [-0.4, -0.2) is 29.9 Å². The van der Waals surface area contributed by atoms with Crippen molar-refractivity contribution in [1.29, 1.82) is 0 Å². The number of methoxy groups -OCH3 is 2. The Hall–Kier alpha value is -2.61. The zero-order valence-corrected chi connectivity index (χ0v) is 13.0. The largest absolute Gasteiger partial charge is 0.493 e. The zero-order valence-electron chi connectivity index (χ0n) is 12.2. The Bertz CT molecular complexity index is 893. The summed E-state index contributed by atoms with van der Waals surface area (Å²) in [5, 5.41) is 3.50. The first-order valence-electron chi connectivity index (χ1n) is 6.35. The highest BCUT2D eigenvalue weighted by Gasteiger charge is 2.13. The highest BCUT2D eigenvalue weighted by Crippen LogP contribution is 2.32. The summed E-state index contributed by atoms with van der Waals surface area (Å²) in [5.41, 5.74) is 0.895. The molecule has 0 unspecified atom stereocenters. The number of aryl methyl sites for hydroxylation is 1. The molecule has 0 radical (unpaired) electrons. The Morgan fingerprint density at radius 2 is 2.05 bits per heavy atom. The van der Waals surface area contributed by atoms with Crippen molar-refractivity contribution in [2.45, 2.75) is 0 Å². The van der Waals surface area contributed by atoms with Crippen LogP contribution in [0.15, 0.2) is 33.9 Å². The van der Waals surface area contributed by atoms with Crippen molar-refractivity contribution < 1.29 is 18.8 Å². The number of fused-ring (bicyclic) bond motifs is 1. The van der Waals surface area contributed by atoms with Gasteiger partial charge in [-0.1, -0.05) is 16.5 Å². The third-order valence-corrected chi connectivity index (χ3v) is 4.26. The molecule has 1 amide bonds. The second-order valence-corrected chi connectivity index (χ2v) is 5.42. The summed E-state index contributed by atoms with van der Waals surface area (Å²) < 4.78 is 18.1. The first-order valence-corrected chi connectivity index (χ1v) is 7.17. The number of carbonyl (C=O) groups excluding carboxylic acids is 1. The van der Waals surface area contributed by atoms with E-state index in [2.05, 4.69) is 10.1 Å². The molecule has 0 atom stereocenters. The van der Waals surface area contributed by atoms with Crippen molar-refractivity contribution in [1.82, 2.24) is 9.72 Å². The van der Waals surface area contributed by atoms with E-state index in [1.165, 1.54) is 23.6 Å². The Morgan fingerprint density at radius 1 is 1.32 bits per heavy atom. The third kappa shape index (κ3) is 2.37. The van der Waals surface area contributed by atoms with Crippen LogP contribution in [0.1, 0.15) is 10.6 Å². The Labute approximate surface area is 129 Å². The molecule has 8 heteroatoms. The lowest BCUT2D eigenvalue weighted by Crippen LogP contribution is -2.13. The number of nitrogens with zero attached hydrogens (tertiary/aromatic N) is 3. The molecule has 0 spiro atoms. The van der Waals surface area contributed by atoms with Crippen LogP contribution in [0.5, 0.6) is 11.5 Å². The predicted molar refractivity (Wildman–Crippen MR) is 80.3 cm³/mol. The van der Waals surface area contributed by atoms with Crippen LogP contribution in [0.4, 0.5) is 0 Å². The molecule has 0 aliphatic rings. The van der Waals surface area contributed by atoms with E-state index in [-0.39, 0.29) is 5.76 Å². The van der Waals surface area contributed by atoms with Crippen LogP contribution in [0.25, 0.3) is 10.2 Å². The number of amides is 1. The number of aromatic nitrogens is 2. The summed E-state index contributed by atoms with van der Waals surface area (Å²) in [6.07, 6.45) is 1.41. The summed E-state index contributed by atoms with van der Waals surface area (Å²) in [7, 11) is 4.99. The molecule has 114 valence electrons. The minimum Gasteiger partial charge on any atom is -0.493 e. The first kappa shape index (κ1) is 14.3. The van der Waals surface area contributed by atoms with Crippen molar-refractivity contribution in [3.05, 3.63) is 35.0 Å². The fourth-order valence-corrected chi connectivity index (χ4v) is 3.06. The lowest BCUT2D eigenvalue weighted by Gasteiger charge is -2.07. The van der Waals surface area contributed by atoms with Crippen LogP contribution in [0.3, 0.4) is 0 Å². The van der Waals surface area contributed by atoms with Crippen molar-refractivity contribution in [3.8, 4) is 11.5 Å². The number of ether oxygens (including phenoxy) is 2. The molecule has 7 nitrogen and oxygen atoms in total. The SMILES string of the molecule is COc1cc2sc(=NC(=O)c3ccno3)n(C)c2cc1OC. The summed E-state index contributed by atoms with van der Waals surface area (Å²) in [5.74, 6) is 0.882. The van der Waals surface area contributed by atoms with E-state index < -0.39 is 5.91 Å². The highest BCUT2D eigenvalue weighted by atomic mass is 32.1. The van der Waals surface area contributed by atoms with Crippen molar-refractivity contribution in [2.24, 2.45) is 12.0 Å². The molecule has 0 aliphatic carbocycles. The molecule has 2 aromatic heterocycles. The molecule has 0 N–H and O–H groups in total. The van der Waals surface area contributed by atoms with Gasteiger partial charge in [-0.3, -0.25) is 4.79 Å².